The molecular weight excluding hydrogens is 364 g/mol. The molecule has 0 aliphatic rings. The smallest absolute Gasteiger partial charge is 0.335 e. The molecule has 0 saturated carbocycles. The zero-order valence-corrected chi connectivity index (χ0v) is 15.3. The summed E-state index contributed by atoms with van der Waals surface area (Å²) in [6, 6.07) is 17.2. The SMILES string of the molecule is O=C(O)c1cccc(CSc2ncnc3scc(-c4ccccc4)c23)c1. The van der Waals surface area contributed by atoms with Gasteiger partial charge in [0, 0.05) is 16.7 Å². The molecule has 0 bridgehead atoms. The first-order valence-electron chi connectivity index (χ1n) is 7.95. The number of hydrogen-bond donors (Lipinski definition) is 1. The van der Waals surface area contributed by atoms with E-state index >= 15 is 0 Å². The molecule has 0 aliphatic carbocycles. The maximum absolute atomic E-state index is 11.1. The molecule has 4 rings (SSSR count). The average molecular weight is 378 g/mol. The Hall–Kier alpha value is -2.70. The van der Waals surface area contributed by atoms with Crippen molar-refractivity contribution in [3.63, 3.8) is 0 Å². The van der Waals surface area contributed by atoms with Crippen molar-refractivity contribution in [3.05, 3.63) is 77.4 Å². The summed E-state index contributed by atoms with van der Waals surface area (Å²) in [7, 11) is 0. The first-order chi connectivity index (χ1) is 12.7. The Morgan fingerprint density at radius 3 is 2.73 bits per heavy atom. The van der Waals surface area contributed by atoms with Crippen molar-refractivity contribution in [1.82, 2.24) is 9.97 Å². The third-order valence-corrected chi connectivity index (χ3v) is 5.92. The highest BCUT2D eigenvalue weighted by atomic mass is 32.2. The van der Waals surface area contributed by atoms with Gasteiger partial charge >= 0.3 is 5.97 Å². The van der Waals surface area contributed by atoms with Crippen molar-refractivity contribution in [2.45, 2.75) is 10.8 Å². The summed E-state index contributed by atoms with van der Waals surface area (Å²) >= 11 is 3.21. The second-order valence-corrected chi connectivity index (χ2v) is 7.49. The number of rotatable bonds is 5. The predicted molar refractivity (Wildman–Crippen MR) is 106 cm³/mol. The van der Waals surface area contributed by atoms with Crippen LogP contribution < -0.4 is 0 Å². The van der Waals surface area contributed by atoms with E-state index in [0.717, 1.165) is 31.9 Å². The summed E-state index contributed by atoms with van der Waals surface area (Å²) in [6.45, 7) is 0. The fraction of sp³-hybridized carbons (Fsp3) is 0.0500. The van der Waals surface area contributed by atoms with E-state index in [-0.39, 0.29) is 0 Å². The van der Waals surface area contributed by atoms with Gasteiger partial charge in [-0.15, -0.1) is 23.1 Å². The summed E-state index contributed by atoms with van der Waals surface area (Å²) in [5, 5.41) is 13.2. The van der Waals surface area contributed by atoms with Crippen molar-refractivity contribution in [2.24, 2.45) is 0 Å². The average Bonchev–Trinajstić information content (AvgIpc) is 3.12. The number of benzene rings is 2. The van der Waals surface area contributed by atoms with Gasteiger partial charge in [-0.25, -0.2) is 14.8 Å². The van der Waals surface area contributed by atoms with E-state index in [4.69, 9.17) is 5.11 Å². The van der Waals surface area contributed by atoms with E-state index < -0.39 is 5.97 Å². The van der Waals surface area contributed by atoms with Crippen molar-refractivity contribution in [3.8, 4) is 11.1 Å². The normalized spacial score (nSPS) is 10.9. The van der Waals surface area contributed by atoms with Crippen LogP contribution >= 0.6 is 23.1 Å². The van der Waals surface area contributed by atoms with Gasteiger partial charge in [-0.3, -0.25) is 0 Å². The van der Waals surface area contributed by atoms with Crippen molar-refractivity contribution in [2.75, 3.05) is 0 Å². The number of carboxylic acid groups (broad SMARTS) is 1. The topological polar surface area (TPSA) is 63.1 Å². The Morgan fingerprint density at radius 1 is 1.08 bits per heavy atom. The van der Waals surface area contributed by atoms with E-state index in [1.165, 1.54) is 0 Å². The van der Waals surface area contributed by atoms with Crippen LogP contribution in [-0.2, 0) is 5.75 Å². The number of fused-ring (bicyclic) bond motifs is 1. The third-order valence-electron chi connectivity index (χ3n) is 3.97. The maximum atomic E-state index is 11.1. The number of aromatic carboxylic acids is 1. The van der Waals surface area contributed by atoms with E-state index in [1.807, 2.05) is 24.3 Å². The van der Waals surface area contributed by atoms with Gasteiger partial charge in [0.05, 0.1) is 10.9 Å². The van der Waals surface area contributed by atoms with E-state index in [9.17, 15) is 4.79 Å². The molecule has 0 spiro atoms. The summed E-state index contributed by atoms with van der Waals surface area (Å²) in [6.07, 6.45) is 1.59. The van der Waals surface area contributed by atoms with Crippen LogP contribution in [0.25, 0.3) is 21.3 Å². The van der Waals surface area contributed by atoms with Crippen LogP contribution in [-0.4, -0.2) is 21.0 Å². The van der Waals surface area contributed by atoms with Gasteiger partial charge in [0.25, 0.3) is 0 Å². The molecule has 0 saturated heterocycles. The van der Waals surface area contributed by atoms with Crippen LogP contribution in [0.2, 0.25) is 0 Å². The molecular formula is C20H14N2O2S2. The van der Waals surface area contributed by atoms with E-state index in [2.05, 4.69) is 27.5 Å². The molecule has 1 N–H and O–H groups in total. The Morgan fingerprint density at radius 2 is 1.92 bits per heavy atom. The lowest BCUT2D eigenvalue weighted by Gasteiger charge is -2.06. The minimum atomic E-state index is -0.912. The summed E-state index contributed by atoms with van der Waals surface area (Å²) in [5.74, 6) is -0.261. The molecule has 2 heterocycles. The molecule has 0 atom stereocenters. The second kappa shape index (κ2) is 7.27. The molecule has 0 radical (unpaired) electrons. The summed E-state index contributed by atoms with van der Waals surface area (Å²) in [5.41, 5.74) is 3.53. The number of carbonyl (C=O) groups is 1. The molecule has 0 aliphatic heterocycles. The van der Waals surface area contributed by atoms with Crippen molar-refractivity contribution < 1.29 is 9.90 Å². The Labute approximate surface area is 158 Å². The van der Waals surface area contributed by atoms with E-state index in [1.54, 1.807) is 47.6 Å². The van der Waals surface area contributed by atoms with Gasteiger partial charge in [0.2, 0.25) is 0 Å². The maximum Gasteiger partial charge on any atom is 0.335 e. The van der Waals surface area contributed by atoms with Gasteiger partial charge in [0.1, 0.15) is 16.2 Å². The molecule has 26 heavy (non-hydrogen) atoms. The lowest BCUT2D eigenvalue weighted by Crippen LogP contribution is -1.96. The van der Waals surface area contributed by atoms with E-state index in [0.29, 0.717) is 11.3 Å². The molecule has 128 valence electrons. The van der Waals surface area contributed by atoms with Crippen LogP contribution in [0.15, 0.2) is 71.3 Å². The van der Waals surface area contributed by atoms with Gasteiger partial charge in [-0.05, 0) is 23.3 Å². The number of thiophene rings is 1. The zero-order chi connectivity index (χ0) is 17.9. The van der Waals surface area contributed by atoms with Gasteiger partial charge in [-0.1, -0.05) is 42.5 Å². The predicted octanol–water partition coefficient (Wildman–Crippen LogP) is 5.35. The van der Waals surface area contributed by atoms with Crippen molar-refractivity contribution in [1.29, 1.82) is 0 Å². The molecule has 0 fully saturated rings. The molecule has 6 heteroatoms. The first-order valence-corrected chi connectivity index (χ1v) is 9.81. The Kier molecular flexibility index (Phi) is 4.69. The number of thioether (sulfide) groups is 1. The van der Waals surface area contributed by atoms with Gasteiger partial charge in [0.15, 0.2) is 0 Å². The summed E-state index contributed by atoms with van der Waals surface area (Å²) in [4.78, 5) is 21.0. The quantitative estimate of drug-likeness (QED) is 0.375. The van der Waals surface area contributed by atoms with Crippen LogP contribution in [0.3, 0.4) is 0 Å². The molecule has 2 aromatic carbocycles. The molecule has 0 unspecified atom stereocenters. The lowest BCUT2D eigenvalue weighted by atomic mass is 10.1. The largest absolute Gasteiger partial charge is 0.478 e. The second-order valence-electron chi connectivity index (χ2n) is 5.67. The molecule has 0 amide bonds. The monoisotopic (exact) mass is 378 g/mol. The highest BCUT2D eigenvalue weighted by Crippen LogP contribution is 2.38. The minimum Gasteiger partial charge on any atom is -0.478 e. The lowest BCUT2D eigenvalue weighted by molar-refractivity contribution is 0.0697. The van der Waals surface area contributed by atoms with Crippen LogP contribution in [0.4, 0.5) is 0 Å². The number of aromatic nitrogens is 2. The zero-order valence-electron chi connectivity index (χ0n) is 13.6. The fourth-order valence-electron chi connectivity index (χ4n) is 2.73. The van der Waals surface area contributed by atoms with Crippen LogP contribution in [0, 0.1) is 0 Å². The van der Waals surface area contributed by atoms with Crippen molar-refractivity contribution >= 4 is 39.3 Å². The standard InChI is InChI=1S/C20H14N2O2S2/c23-20(24)15-8-4-5-13(9-15)10-25-18-17-16(14-6-2-1-3-7-14)11-26-19(17)22-12-21-18/h1-9,11-12H,10H2,(H,23,24). The van der Waals surface area contributed by atoms with Gasteiger partial charge < -0.3 is 5.11 Å². The minimum absolute atomic E-state index is 0.302. The van der Waals surface area contributed by atoms with Crippen LogP contribution in [0.5, 0.6) is 0 Å². The van der Waals surface area contributed by atoms with Crippen LogP contribution in [0.1, 0.15) is 15.9 Å². The number of nitrogens with zero attached hydrogens (tertiary/aromatic N) is 2. The highest BCUT2D eigenvalue weighted by Gasteiger charge is 2.13. The Bertz CT molecular complexity index is 1080. The number of carboxylic acids is 1. The molecule has 4 aromatic rings. The molecule has 2 aromatic heterocycles. The highest BCUT2D eigenvalue weighted by molar-refractivity contribution is 7.98. The fourth-order valence-corrected chi connectivity index (χ4v) is 4.67. The Balaban J connectivity index is 1.68. The first kappa shape index (κ1) is 16.8. The summed E-state index contributed by atoms with van der Waals surface area (Å²) < 4.78 is 0. The molecule has 4 nitrogen and oxygen atoms in total. The third kappa shape index (κ3) is 3.34. The number of hydrogen-bond acceptors (Lipinski definition) is 5. The van der Waals surface area contributed by atoms with Gasteiger partial charge in [-0.2, -0.15) is 0 Å².